The van der Waals surface area contributed by atoms with Crippen molar-refractivity contribution in [3.63, 3.8) is 0 Å². The predicted octanol–water partition coefficient (Wildman–Crippen LogP) is 4.98. The fourth-order valence-corrected chi connectivity index (χ4v) is 2.40. The van der Waals surface area contributed by atoms with E-state index in [0.717, 1.165) is 29.8 Å². The molecule has 1 amide bonds. The Hall–Kier alpha value is -1.43. The molecule has 5 nitrogen and oxygen atoms in total. The quantitative estimate of drug-likeness (QED) is 0.752. The average Bonchev–Trinajstić information content (AvgIpc) is 3.28. The molecule has 8 heteroatoms. The molecule has 2 aromatic rings. The van der Waals surface area contributed by atoms with Crippen LogP contribution in [0.2, 0.25) is 0 Å². The Bertz CT molecular complexity index is 734. The fraction of sp³-hybridized carbons (Fsp3) is 0.375. The number of halogens is 3. The van der Waals surface area contributed by atoms with Crippen molar-refractivity contribution in [1.29, 1.82) is 0 Å². The van der Waals surface area contributed by atoms with Gasteiger partial charge in [-0.25, -0.2) is 9.48 Å². The van der Waals surface area contributed by atoms with Crippen molar-refractivity contribution >= 4 is 46.7 Å². The first-order valence-corrected chi connectivity index (χ1v) is 8.63. The molecular formula is C16H16Cl3N3O2. The molecule has 0 atom stereocenters. The van der Waals surface area contributed by atoms with Gasteiger partial charge in [0, 0.05) is 12.0 Å². The Morgan fingerprint density at radius 1 is 1.33 bits per heavy atom. The summed E-state index contributed by atoms with van der Waals surface area (Å²) in [5, 5.41) is 7.26. The summed E-state index contributed by atoms with van der Waals surface area (Å²) < 4.78 is 4.96. The largest absolute Gasteiger partial charge is 0.445 e. The molecule has 1 saturated carbocycles. The van der Waals surface area contributed by atoms with Crippen LogP contribution in [0.15, 0.2) is 30.3 Å². The molecule has 128 valence electrons. The van der Waals surface area contributed by atoms with E-state index in [9.17, 15) is 4.79 Å². The summed E-state index contributed by atoms with van der Waals surface area (Å²) in [7, 11) is 0. The van der Waals surface area contributed by atoms with E-state index >= 15 is 0 Å². The summed E-state index contributed by atoms with van der Waals surface area (Å²) in [5.41, 5.74) is 2.95. The molecule has 1 heterocycles. The highest BCUT2D eigenvalue weighted by Gasteiger charge is 2.28. The first kappa shape index (κ1) is 17.4. The zero-order chi connectivity index (χ0) is 17.3. The highest BCUT2D eigenvalue weighted by atomic mass is 35.6. The van der Waals surface area contributed by atoms with Crippen LogP contribution in [0.1, 0.15) is 30.0 Å². The molecule has 0 spiro atoms. The van der Waals surface area contributed by atoms with Crippen molar-refractivity contribution in [3.05, 3.63) is 41.6 Å². The minimum absolute atomic E-state index is 0.336. The van der Waals surface area contributed by atoms with Crippen molar-refractivity contribution in [2.45, 2.75) is 29.5 Å². The number of nitrogens with zero attached hydrogens (tertiary/aromatic N) is 2. The number of nitrogens with one attached hydrogen (secondary N) is 1. The van der Waals surface area contributed by atoms with Crippen molar-refractivity contribution in [2.75, 3.05) is 11.9 Å². The van der Waals surface area contributed by atoms with E-state index in [4.69, 9.17) is 39.5 Å². The normalized spacial score (nSPS) is 14.5. The summed E-state index contributed by atoms with van der Waals surface area (Å²) in [6, 6.07) is 9.71. The third kappa shape index (κ3) is 4.56. The maximum atomic E-state index is 11.9. The van der Waals surface area contributed by atoms with Crippen molar-refractivity contribution < 1.29 is 9.53 Å². The molecule has 0 aliphatic heterocycles. The molecule has 24 heavy (non-hydrogen) atoms. The Morgan fingerprint density at radius 3 is 2.58 bits per heavy atom. The maximum absolute atomic E-state index is 11.9. The van der Waals surface area contributed by atoms with Gasteiger partial charge in [0.05, 0.1) is 11.4 Å². The minimum Gasteiger partial charge on any atom is -0.445 e. The molecule has 0 saturated heterocycles. The van der Waals surface area contributed by atoms with Crippen LogP contribution in [0.25, 0.3) is 5.69 Å². The minimum atomic E-state index is -1.65. The van der Waals surface area contributed by atoms with Gasteiger partial charge in [0.25, 0.3) is 0 Å². The molecule has 1 fully saturated rings. The lowest BCUT2D eigenvalue weighted by molar-refractivity contribution is 0.163. The molecule has 3 rings (SSSR count). The van der Waals surface area contributed by atoms with Gasteiger partial charge in [0.1, 0.15) is 12.4 Å². The number of rotatable bonds is 4. The van der Waals surface area contributed by atoms with Crippen LogP contribution >= 0.6 is 34.8 Å². The van der Waals surface area contributed by atoms with Gasteiger partial charge in [0.2, 0.25) is 3.79 Å². The Labute approximate surface area is 154 Å². The molecule has 1 aromatic carbocycles. The molecule has 1 aromatic heterocycles. The Kier molecular flexibility index (Phi) is 4.95. The molecule has 0 bridgehead atoms. The molecule has 1 aliphatic carbocycles. The number of benzene rings is 1. The molecule has 0 unspecified atom stereocenters. The van der Waals surface area contributed by atoms with E-state index in [-0.39, 0.29) is 6.61 Å². The SMILES string of the molecule is Cc1ccc(-n2nc(C3CC3)cc2NC(=O)OCC(Cl)(Cl)Cl)cc1. The summed E-state index contributed by atoms with van der Waals surface area (Å²) in [4.78, 5) is 11.9. The van der Waals surface area contributed by atoms with Gasteiger partial charge in [-0.15, -0.1) is 0 Å². The number of amides is 1. The van der Waals surface area contributed by atoms with Crippen LogP contribution in [-0.2, 0) is 4.74 Å². The number of hydrogen-bond acceptors (Lipinski definition) is 3. The highest BCUT2D eigenvalue weighted by Crippen LogP contribution is 2.40. The predicted molar refractivity (Wildman–Crippen MR) is 95.5 cm³/mol. The fourth-order valence-electron chi connectivity index (χ4n) is 2.24. The smallest absolute Gasteiger partial charge is 0.412 e. The van der Waals surface area contributed by atoms with Crippen LogP contribution in [0, 0.1) is 6.92 Å². The standard InChI is InChI=1S/C16H16Cl3N3O2/c1-10-2-6-12(7-3-10)22-14(8-13(21-22)11-4-5-11)20-15(23)24-9-16(17,18)19/h2-3,6-8,11H,4-5,9H2,1H3,(H,20,23). The number of carbonyl (C=O) groups excluding carboxylic acids is 1. The molecule has 1 N–H and O–H groups in total. The van der Waals surface area contributed by atoms with Crippen LogP contribution in [0.4, 0.5) is 10.6 Å². The molecule has 0 radical (unpaired) electrons. The van der Waals surface area contributed by atoms with E-state index in [1.807, 2.05) is 37.3 Å². The second-order valence-corrected chi connectivity index (χ2v) is 8.31. The van der Waals surface area contributed by atoms with E-state index in [1.165, 1.54) is 0 Å². The zero-order valence-corrected chi connectivity index (χ0v) is 15.2. The van der Waals surface area contributed by atoms with Gasteiger partial charge >= 0.3 is 6.09 Å². The van der Waals surface area contributed by atoms with Gasteiger partial charge in [-0.3, -0.25) is 5.32 Å². The van der Waals surface area contributed by atoms with Crippen molar-refractivity contribution in [3.8, 4) is 5.69 Å². The lowest BCUT2D eigenvalue weighted by Gasteiger charge is -2.13. The van der Waals surface area contributed by atoms with E-state index in [1.54, 1.807) is 4.68 Å². The topological polar surface area (TPSA) is 56.2 Å². The van der Waals surface area contributed by atoms with Crippen LogP contribution in [-0.4, -0.2) is 26.3 Å². The summed E-state index contributed by atoms with van der Waals surface area (Å²) in [6.07, 6.45) is 1.53. The number of aryl methyl sites for hydroxylation is 1. The van der Waals surface area contributed by atoms with Gasteiger partial charge < -0.3 is 4.74 Å². The third-order valence-electron chi connectivity index (χ3n) is 3.60. The number of hydrogen-bond donors (Lipinski definition) is 1. The second kappa shape index (κ2) is 6.82. The van der Waals surface area contributed by atoms with E-state index < -0.39 is 9.89 Å². The van der Waals surface area contributed by atoms with Gasteiger partial charge in [-0.05, 0) is 31.9 Å². The number of aromatic nitrogens is 2. The number of carbonyl (C=O) groups is 1. The second-order valence-electron chi connectivity index (χ2n) is 5.79. The first-order chi connectivity index (χ1) is 11.3. The monoisotopic (exact) mass is 387 g/mol. The molecular weight excluding hydrogens is 373 g/mol. The van der Waals surface area contributed by atoms with Crippen LogP contribution < -0.4 is 5.32 Å². The Balaban J connectivity index is 1.80. The number of ether oxygens (including phenoxy) is 1. The van der Waals surface area contributed by atoms with Gasteiger partial charge in [-0.2, -0.15) is 5.10 Å². The van der Waals surface area contributed by atoms with Crippen molar-refractivity contribution in [2.24, 2.45) is 0 Å². The summed E-state index contributed by atoms with van der Waals surface area (Å²) >= 11 is 16.8. The van der Waals surface area contributed by atoms with E-state index in [2.05, 4.69) is 10.4 Å². The lowest BCUT2D eigenvalue weighted by atomic mass is 10.2. The lowest BCUT2D eigenvalue weighted by Crippen LogP contribution is -2.22. The Morgan fingerprint density at radius 2 is 2.00 bits per heavy atom. The summed E-state index contributed by atoms with van der Waals surface area (Å²) in [5.74, 6) is 0.976. The van der Waals surface area contributed by atoms with Crippen LogP contribution in [0.3, 0.4) is 0 Å². The van der Waals surface area contributed by atoms with Gasteiger partial charge in [0.15, 0.2) is 0 Å². The van der Waals surface area contributed by atoms with Crippen LogP contribution in [0.5, 0.6) is 0 Å². The number of alkyl halides is 3. The number of anilines is 1. The van der Waals surface area contributed by atoms with Crippen molar-refractivity contribution in [1.82, 2.24) is 9.78 Å². The van der Waals surface area contributed by atoms with E-state index in [0.29, 0.717) is 11.7 Å². The van der Waals surface area contributed by atoms with Gasteiger partial charge in [-0.1, -0.05) is 52.5 Å². The average molecular weight is 389 g/mol. The third-order valence-corrected chi connectivity index (χ3v) is 3.93. The molecule has 1 aliphatic rings. The highest BCUT2D eigenvalue weighted by molar-refractivity contribution is 6.67. The maximum Gasteiger partial charge on any atom is 0.412 e. The first-order valence-electron chi connectivity index (χ1n) is 7.49. The zero-order valence-electron chi connectivity index (χ0n) is 12.9. The summed E-state index contributed by atoms with van der Waals surface area (Å²) in [6.45, 7) is 1.67.